The molecular weight excluding hydrogens is 186 g/mol. The van der Waals surface area contributed by atoms with Gasteiger partial charge in [0, 0.05) is 11.7 Å². The molecule has 1 aromatic carbocycles. The summed E-state index contributed by atoms with van der Waals surface area (Å²) in [6, 6.07) is 6.60. The molecular formula is C13H21NO. The molecule has 0 unspecified atom stereocenters. The second kappa shape index (κ2) is 5.06. The molecule has 15 heavy (non-hydrogen) atoms. The van der Waals surface area contributed by atoms with Gasteiger partial charge in [0.2, 0.25) is 0 Å². The Morgan fingerprint density at radius 2 is 1.87 bits per heavy atom. The van der Waals surface area contributed by atoms with Crippen molar-refractivity contribution in [3.63, 3.8) is 0 Å². The van der Waals surface area contributed by atoms with Gasteiger partial charge >= 0.3 is 0 Å². The van der Waals surface area contributed by atoms with Crippen LogP contribution in [0.2, 0.25) is 0 Å². The van der Waals surface area contributed by atoms with E-state index < -0.39 is 0 Å². The molecule has 84 valence electrons. The van der Waals surface area contributed by atoms with Crippen LogP contribution in [0.3, 0.4) is 0 Å². The van der Waals surface area contributed by atoms with Crippen molar-refractivity contribution >= 4 is 5.69 Å². The molecule has 0 spiro atoms. The molecule has 1 rings (SSSR count). The minimum atomic E-state index is 0.483. The standard InChI is InChI=1S/C13H21NO/c1-9(2)11(4)14-13-7-6-12(15-5)8-10(13)3/h6-9,11,14H,1-5H3/t11-/m0/s1. The molecule has 0 saturated carbocycles. The Bertz CT molecular complexity index is 320. The van der Waals surface area contributed by atoms with Crippen LogP contribution in [-0.2, 0) is 0 Å². The maximum atomic E-state index is 5.17. The summed E-state index contributed by atoms with van der Waals surface area (Å²) in [4.78, 5) is 0. The molecule has 0 saturated heterocycles. The Hall–Kier alpha value is -1.18. The number of anilines is 1. The highest BCUT2D eigenvalue weighted by atomic mass is 16.5. The average Bonchev–Trinajstić information content (AvgIpc) is 2.20. The van der Waals surface area contributed by atoms with Crippen LogP contribution in [0.1, 0.15) is 26.3 Å². The van der Waals surface area contributed by atoms with Gasteiger partial charge in [0.25, 0.3) is 0 Å². The lowest BCUT2D eigenvalue weighted by atomic mass is 10.1. The van der Waals surface area contributed by atoms with Crippen molar-refractivity contribution < 1.29 is 4.74 Å². The van der Waals surface area contributed by atoms with Crippen molar-refractivity contribution in [2.45, 2.75) is 33.7 Å². The number of hydrogen-bond donors (Lipinski definition) is 1. The molecule has 0 aromatic heterocycles. The van der Waals surface area contributed by atoms with Crippen LogP contribution in [0.4, 0.5) is 5.69 Å². The summed E-state index contributed by atoms with van der Waals surface area (Å²) in [7, 11) is 1.69. The van der Waals surface area contributed by atoms with Gasteiger partial charge < -0.3 is 10.1 Å². The predicted octanol–water partition coefficient (Wildman–Crippen LogP) is 3.46. The summed E-state index contributed by atoms with van der Waals surface area (Å²) < 4.78 is 5.17. The predicted molar refractivity (Wildman–Crippen MR) is 65.7 cm³/mol. The Morgan fingerprint density at radius 1 is 1.20 bits per heavy atom. The first-order valence-electron chi connectivity index (χ1n) is 5.45. The Morgan fingerprint density at radius 3 is 2.33 bits per heavy atom. The Labute approximate surface area is 92.6 Å². The molecule has 0 aliphatic rings. The van der Waals surface area contributed by atoms with E-state index in [1.807, 2.05) is 6.07 Å². The summed E-state index contributed by atoms with van der Waals surface area (Å²) in [5.74, 6) is 1.54. The third-order valence-corrected chi connectivity index (χ3v) is 2.82. The van der Waals surface area contributed by atoms with Crippen molar-refractivity contribution in [3.8, 4) is 5.75 Å². The van der Waals surface area contributed by atoms with Gasteiger partial charge in [0.15, 0.2) is 0 Å². The first-order valence-corrected chi connectivity index (χ1v) is 5.45. The fourth-order valence-electron chi connectivity index (χ4n) is 1.34. The van der Waals surface area contributed by atoms with E-state index in [-0.39, 0.29) is 0 Å². The quantitative estimate of drug-likeness (QED) is 0.816. The molecule has 0 aliphatic carbocycles. The second-order valence-electron chi connectivity index (χ2n) is 4.36. The zero-order chi connectivity index (χ0) is 11.4. The van der Waals surface area contributed by atoms with Gasteiger partial charge in [-0.15, -0.1) is 0 Å². The molecule has 0 fully saturated rings. The van der Waals surface area contributed by atoms with E-state index in [1.54, 1.807) is 7.11 Å². The van der Waals surface area contributed by atoms with Gasteiger partial charge in [-0.3, -0.25) is 0 Å². The van der Waals surface area contributed by atoms with Crippen LogP contribution in [0.15, 0.2) is 18.2 Å². The molecule has 1 atom stereocenters. The lowest BCUT2D eigenvalue weighted by Gasteiger charge is -2.20. The number of nitrogens with one attached hydrogen (secondary N) is 1. The van der Waals surface area contributed by atoms with E-state index in [4.69, 9.17) is 4.74 Å². The van der Waals surface area contributed by atoms with Crippen LogP contribution in [-0.4, -0.2) is 13.2 Å². The third-order valence-electron chi connectivity index (χ3n) is 2.82. The summed E-state index contributed by atoms with van der Waals surface area (Å²) in [5.41, 5.74) is 2.42. The maximum Gasteiger partial charge on any atom is 0.119 e. The minimum Gasteiger partial charge on any atom is -0.497 e. The summed E-state index contributed by atoms with van der Waals surface area (Å²) in [6.45, 7) is 8.74. The molecule has 0 aliphatic heterocycles. The van der Waals surface area contributed by atoms with Crippen LogP contribution in [0, 0.1) is 12.8 Å². The largest absolute Gasteiger partial charge is 0.497 e. The second-order valence-corrected chi connectivity index (χ2v) is 4.36. The van der Waals surface area contributed by atoms with E-state index in [0.717, 1.165) is 5.75 Å². The number of benzene rings is 1. The lowest BCUT2D eigenvalue weighted by molar-refractivity contribution is 0.414. The number of hydrogen-bond acceptors (Lipinski definition) is 2. The molecule has 0 heterocycles. The van der Waals surface area contributed by atoms with Crippen molar-refractivity contribution in [1.29, 1.82) is 0 Å². The van der Waals surface area contributed by atoms with Gasteiger partial charge in [0.1, 0.15) is 5.75 Å². The molecule has 1 N–H and O–H groups in total. The molecule has 0 radical (unpaired) electrons. The van der Waals surface area contributed by atoms with Crippen LogP contribution in [0.25, 0.3) is 0 Å². The van der Waals surface area contributed by atoms with Crippen molar-refractivity contribution in [1.82, 2.24) is 0 Å². The van der Waals surface area contributed by atoms with Gasteiger partial charge in [-0.25, -0.2) is 0 Å². The lowest BCUT2D eigenvalue weighted by Crippen LogP contribution is -2.21. The van der Waals surface area contributed by atoms with E-state index in [2.05, 4.69) is 45.1 Å². The van der Waals surface area contributed by atoms with E-state index in [1.165, 1.54) is 11.3 Å². The van der Waals surface area contributed by atoms with Crippen LogP contribution in [0.5, 0.6) is 5.75 Å². The van der Waals surface area contributed by atoms with E-state index in [0.29, 0.717) is 12.0 Å². The monoisotopic (exact) mass is 207 g/mol. The molecule has 2 heteroatoms. The van der Waals surface area contributed by atoms with Crippen LogP contribution >= 0.6 is 0 Å². The molecule has 0 bridgehead atoms. The number of rotatable bonds is 4. The van der Waals surface area contributed by atoms with E-state index in [9.17, 15) is 0 Å². The zero-order valence-corrected chi connectivity index (χ0v) is 10.3. The Balaban J connectivity index is 2.78. The number of ether oxygens (including phenoxy) is 1. The Kier molecular flexibility index (Phi) is 4.01. The summed E-state index contributed by atoms with van der Waals surface area (Å²) >= 11 is 0. The van der Waals surface area contributed by atoms with Gasteiger partial charge in [0.05, 0.1) is 7.11 Å². The topological polar surface area (TPSA) is 21.3 Å². The smallest absolute Gasteiger partial charge is 0.119 e. The van der Waals surface area contributed by atoms with Crippen molar-refractivity contribution in [2.75, 3.05) is 12.4 Å². The summed E-state index contributed by atoms with van der Waals surface area (Å²) in [6.07, 6.45) is 0. The molecule has 0 amide bonds. The normalized spacial score (nSPS) is 12.7. The maximum absolute atomic E-state index is 5.17. The average molecular weight is 207 g/mol. The van der Waals surface area contributed by atoms with E-state index >= 15 is 0 Å². The number of methoxy groups -OCH3 is 1. The summed E-state index contributed by atoms with van der Waals surface area (Å²) in [5, 5.41) is 3.51. The highest BCUT2D eigenvalue weighted by Gasteiger charge is 2.08. The highest BCUT2D eigenvalue weighted by molar-refractivity contribution is 5.54. The fraction of sp³-hybridized carbons (Fsp3) is 0.538. The van der Waals surface area contributed by atoms with Crippen LogP contribution < -0.4 is 10.1 Å². The highest BCUT2D eigenvalue weighted by Crippen LogP contribution is 2.22. The minimum absolute atomic E-state index is 0.483. The third kappa shape index (κ3) is 3.15. The number of aryl methyl sites for hydroxylation is 1. The zero-order valence-electron chi connectivity index (χ0n) is 10.3. The van der Waals surface area contributed by atoms with Gasteiger partial charge in [-0.2, -0.15) is 0 Å². The first kappa shape index (κ1) is 11.9. The van der Waals surface area contributed by atoms with Crippen molar-refractivity contribution in [3.05, 3.63) is 23.8 Å². The SMILES string of the molecule is COc1ccc(N[C@@H](C)C(C)C)c(C)c1. The van der Waals surface area contributed by atoms with Gasteiger partial charge in [-0.1, -0.05) is 13.8 Å². The molecule has 2 nitrogen and oxygen atoms in total. The van der Waals surface area contributed by atoms with Crippen molar-refractivity contribution in [2.24, 2.45) is 5.92 Å². The van der Waals surface area contributed by atoms with Gasteiger partial charge in [-0.05, 0) is 43.5 Å². The fourth-order valence-corrected chi connectivity index (χ4v) is 1.34. The first-order chi connectivity index (χ1) is 7.04. The molecule has 1 aromatic rings.